The number of phenolic OH excluding ortho intramolecular Hbond substituents is 1. The molecule has 182 valence electrons. The fraction of sp³-hybridized carbons (Fsp3) is 0.481. The Morgan fingerprint density at radius 2 is 1.79 bits per heavy atom. The number of benzene rings is 2. The van der Waals surface area contributed by atoms with Crippen molar-refractivity contribution >= 4 is 11.9 Å². The Bertz CT molecular complexity index is 1000. The summed E-state index contributed by atoms with van der Waals surface area (Å²) in [6.45, 7) is 8.17. The third-order valence-electron chi connectivity index (χ3n) is 6.92. The highest BCUT2D eigenvalue weighted by molar-refractivity contribution is 5.94. The lowest BCUT2D eigenvalue weighted by atomic mass is 9.92. The molecule has 2 aliphatic rings. The van der Waals surface area contributed by atoms with Crippen molar-refractivity contribution < 1.29 is 19.4 Å². The number of hydrogen-bond acceptors (Lipinski definition) is 6. The molecule has 2 heterocycles. The molecule has 2 aliphatic heterocycles. The molecule has 2 aromatic rings. The van der Waals surface area contributed by atoms with Gasteiger partial charge in [-0.05, 0) is 62.1 Å². The Balaban J connectivity index is 1.56. The predicted octanol–water partition coefficient (Wildman–Crippen LogP) is 3.19. The van der Waals surface area contributed by atoms with E-state index >= 15 is 0 Å². The Kier molecular flexibility index (Phi) is 7.85. The van der Waals surface area contributed by atoms with Gasteiger partial charge in [0.1, 0.15) is 5.75 Å². The summed E-state index contributed by atoms with van der Waals surface area (Å²) in [5.74, 6) is -0.0514. The molecule has 2 unspecified atom stereocenters. The number of likely N-dealkylation sites (tertiary alicyclic amines) is 1. The maximum atomic E-state index is 13.4. The number of esters is 1. The fourth-order valence-corrected chi connectivity index (χ4v) is 5.11. The molecule has 2 atom stereocenters. The van der Waals surface area contributed by atoms with Crippen molar-refractivity contribution in [3.05, 3.63) is 65.2 Å². The minimum Gasteiger partial charge on any atom is -0.508 e. The number of rotatable bonds is 6. The van der Waals surface area contributed by atoms with Crippen LogP contribution in [0, 0.1) is 5.92 Å². The Hall–Kier alpha value is -2.90. The van der Waals surface area contributed by atoms with Gasteiger partial charge in [-0.15, -0.1) is 0 Å². The first-order valence-corrected chi connectivity index (χ1v) is 12.3. The van der Waals surface area contributed by atoms with Gasteiger partial charge in [-0.25, -0.2) is 0 Å². The van der Waals surface area contributed by atoms with Crippen LogP contribution in [-0.4, -0.2) is 72.2 Å². The molecule has 2 aromatic carbocycles. The van der Waals surface area contributed by atoms with Crippen LogP contribution in [0.25, 0.3) is 0 Å². The molecule has 0 aromatic heterocycles. The number of hydrogen-bond donors (Lipinski definition) is 2. The fourth-order valence-electron chi connectivity index (χ4n) is 5.11. The molecule has 2 N–H and O–H groups in total. The van der Waals surface area contributed by atoms with E-state index in [4.69, 9.17) is 4.74 Å². The molecular formula is C27H35N3O4. The lowest BCUT2D eigenvalue weighted by Gasteiger charge is -2.40. The van der Waals surface area contributed by atoms with Crippen molar-refractivity contribution in [3.63, 3.8) is 0 Å². The van der Waals surface area contributed by atoms with Crippen molar-refractivity contribution in [2.75, 3.05) is 39.3 Å². The van der Waals surface area contributed by atoms with Crippen molar-refractivity contribution in [2.45, 2.75) is 38.8 Å². The van der Waals surface area contributed by atoms with Crippen LogP contribution in [0.1, 0.15) is 54.2 Å². The summed E-state index contributed by atoms with van der Waals surface area (Å²) >= 11 is 0. The van der Waals surface area contributed by atoms with Gasteiger partial charge in [0.05, 0.1) is 18.6 Å². The quantitative estimate of drug-likeness (QED) is 0.638. The second-order valence-corrected chi connectivity index (χ2v) is 9.23. The topological polar surface area (TPSA) is 82.1 Å². The van der Waals surface area contributed by atoms with E-state index in [-0.39, 0.29) is 29.6 Å². The molecule has 7 nitrogen and oxygen atoms in total. The number of piperazine rings is 1. The Labute approximate surface area is 201 Å². The lowest BCUT2D eigenvalue weighted by molar-refractivity contribution is -0.149. The van der Waals surface area contributed by atoms with Gasteiger partial charge in [0.15, 0.2) is 0 Å². The third kappa shape index (κ3) is 5.42. The van der Waals surface area contributed by atoms with Crippen molar-refractivity contribution in [1.82, 2.24) is 15.1 Å². The zero-order chi connectivity index (χ0) is 24.1. The SMILES string of the molecule is CCOC(=O)C1CCN(C(=O)c2cccc(C(c3cccc(O)c3)N3CCNCC3C)c2)CC1. The van der Waals surface area contributed by atoms with Gasteiger partial charge in [-0.1, -0.05) is 24.3 Å². The smallest absolute Gasteiger partial charge is 0.309 e. The number of carbonyl (C=O) groups excluding carboxylic acids is 2. The minimum absolute atomic E-state index is 0.00724. The van der Waals surface area contributed by atoms with Gasteiger partial charge >= 0.3 is 5.97 Å². The zero-order valence-electron chi connectivity index (χ0n) is 20.1. The molecule has 0 radical (unpaired) electrons. The highest BCUT2D eigenvalue weighted by atomic mass is 16.5. The summed E-state index contributed by atoms with van der Waals surface area (Å²) in [6, 6.07) is 15.5. The number of nitrogens with zero attached hydrogens (tertiary/aromatic N) is 2. The second kappa shape index (κ2) is 11.0. The molecular weight excluding hydrogens is 430 g/mol. The standard InChI is InChI=1S/C27H35N3O4/c1-3-34-27(33)20-10-13-29(14-11-20)26(32)23-8-4-6-21(16-23)25(22-7-5-9-24(31)17-22)30-15-12-28-18-19(30)2/h4-9,16-17,19-20,25,28,31H,3,10-15,18H2,1-2H3. The summed E-state index contributed by atoms with van der Waals surface area (Å²) in [7, 11) is 0. The molecule has 4 rings (SSSR count). The van der Waals surface area contributed by atoms with Gasteiger partial charge in [-0.3, -0.25) is 14.5 Å². The van der Waals surface area contributed by atoms with Gasteiger partial charge in [0.25, 0.3) is 5.91 Å². The van der Waals surface area contributed by atoms with Crippen LogP contribution in [0.3, 0.4) is 0 Å². The molecule has 1 amide bonds. The highest BCUT2D eigenvalue weighted by Crippen LogP contribution is 2.33. The maximum Gasteiger partial charge on any atom is 0.309 e. The number of amides is 1. The number of piperidine rings is 1. The molecule has 0 saturated carbocycles. The van der Waals surface area contributed by atoms with Crippen LogP contribution in [0.2, 0.25) is 0 Å². The monoisotopic (exact) mass is 465 g/mol. The molecule has 0 bridgehead atoms. The van der Waals surface area contributed by atoms with E-state index in [2.05, 4.69) is 23.2 Å². The first kappa shape index (κ1) is 24.2. The van der Waals surface area contributed by atoms with Crippen LogP contribution < -0.4 is 5.32 Å². The molecule has 0 spiro atoms. The number of carbonyl (C=O) groups is 2. The lowest BCUT2D eigenvalue weighted by Crippen LogP contribution is -2.51. The van der Waals surface area contributed by atoms with Gasteiger partial charge in [0, 0.05) is 44.3 Å². The molecule has 2 saturated heterocycles. The second-order valence-electron chi connectivity index (χ2n) is 9.23. The third-order valence-corrected chi connectivity index (χ3v) is 6.92. The summed E-state index contributed by atoms with van der Waals surface area (Å²) < 4.78 is 5.15. The van der Waals surface area contributed by atoms with Crippen molar-refractivity contribution in [2.24, 2.45) is 5.92 Å². The molecule has 2 fully saturated rings. The first-order chi connectivity index (χ1) is 16.5. The Morgan fingerprint density at radius 1 is 1.09 bits per heavy atom. The largest absolute Gasteiger partial charge is 0.508 e. The van der Waals surface area contributed by atoms with Crippen LogP contribution >= 0.6 is 0 Å². The average Bonchev–Trinajstić information content (AvgIpc) is 2.85. The van der Waals surface area contributed by atoms with E-state index in [1.165, 1.54) is 0 Å². The van der Waals surface area contributed by atoms with E-state index in [0.717, 1.165) is 30.8 Å². The molecule has 0 aliphatic carbocycles. The summed E-state index contributed by atoms with van der Waals surface area (Å²) in [5.41, 5.74) is 2.69. The van der Waals surface area contributed by atoms with Crippen molar-refractivity contribution in [3.8, 4) is 5.75 Å². The van der Waals surface area contributed by atoms with Crippen LogP contribution in [0.5, 0.6) is 5.75 Å². The highest BCUT2D eigenvalue weighted by Gasteiger charge is 2.31. The van der Waals surface area contributed by atoms with Gasteiger partial charge in [-0.2, -0.15) is 0 Å². The number of aromatic hydroxyl groups is 1. The first-order valence-electron chi connectivity index (χ1n) is 12.3. The van der Waals surface area contributed by atoms with Crippen LogP contribution in [-0.2, 0) is 9.53 Å². The van der Waals surface area contributed by atoms with E-state index in [0.29, 0.717) is 44.1 Å². The van der Waals surface area contributed by atoms with Crippen LogP contribution in [0.4, 0.5) is 0 Å². The van der Waals surface area contributed by atoms with E-state index < -0.39 is 0 Å². The van der Waals surface area contributed by atoms with E-state index in [9.17, 15) is 14.7 Å². The van der Waals surface area contributed by atoms with Gasteiger partial charge < -0.3 is 20.1 Å². The Morgan fingerprint density at radius 3 is 2.47 bits per heavy atom. The van der Waals surface area contributed by atoms with E-state index in [1.54, 1.807) is 6.07 Å². The summed E-state index contributed by atoms with van der Waals surface area (Å²) in [6.07, 6.45) is 1.27. The van der Waals surface area contributed by atoms with Gasteiger partial charge in [0.2, 0.25) is 0 Å². The number of nitrogens with one attached hydrogen (secondary N) is 1. The summed E-state index contributed by atoms with van der Waals surface area (Å²) in [4.78, 5) is 29.7. The predicted molar refractivity (Wildman–Crippen MR) is 131 cm³/mol. The summed E-state index contributed by atoms with van der Waals surface area (Å²) in [5, 5.41) is 13.6. The number of phenols is 1. The van der Waals surface area contributed by atoms with E-state index in [1.807, 2.05) is 48.2 Å². The zero-order valence-corrected chi connectivity index (χ0v) is 20.1. The normalized spacial score (nSPS) is 20.6. The molecule has 34 heavy (non-hydrogen) atoms. The average molecular weight is 466 g/mol. The molecule has 7 heteroatoms. The number of ether oxygens (including phenoxy) is 1. The maximum absolute atomic E-state index is 13.4. The van der Waals surface area contributed by atoms with Crippen molar-refractivity contribution in [1.29, 1.82) is 0 Å². The van der Waals surface area contributed by atoms with Crippen LogP contribution in [0.15, 0.2) is 48.5 Å². The minimum atomic E-state index is -0.157.